The molecule has 6 heteroatoms. The van der Waals surface area contributed by atoms with Crippen molar-refractivity contribution in [3.63, 3.8) is 0 Å². The van der Waals surface area contributed by atoms with Crippen LogP contribution < -0.4 is 10.1 Å². The Bertz CT molecular complexity index is 864. The van der Waals surface area contributed by atoms with Crippen LogP contribution in [-0.2, 0) is 11.3 Å². The minimum atomic E-state index is -0.0301. The van der Waals surface area contributed by atoms with Gasteiger partial charge in [0.2, 0.25) is 0 Å². The molecule has 2 aromatic carbocycles. The molecule has 2 atom stereocenters. The van der Waals surface area contributed by atoms with Gasteiger partial charge in [-0.25, -0.2) is 9.97 Å². The molecule has 1 saturated heterocycles. The maximum absolute atomic E-state index is 9.16. The molecule has 4 rings (SSSR count). The van der Waals surface area contributed by atoms with Gasteiger partial charge < -0.3 is 19.9 Å². The second-order valence-corrected chi connectivity index (χ2v) is 6.31. The van der Waals surface area contributed by atoms with Crippen LogP contribution in [0.5, 0.6) is 5.75 Å². The third-order valence-electron chi connectivity index (χ3n) is 4.55. The van der Waals surface area contributed by atoms with Crippen molar-refractivity contribution in [3.8, 4) is 5.75 Å². The zero-order valence-electron chi connectivity index (χ0n) is 14.3. The summed E-state index contributed by atoms with van der Waals surface area (Å²) in [6, 6.07) is 15.4. The number of nitrogens with one attached hydrogen (secondary N) is 1. The molecule has 0 amide bonds. The van der Waals surface area contributed by atoms with Crippen LogP contribution in [0.15, 0.2) is 54.9 Å². The molecule has 0 radical (unpaired) electrons. The highest BCUT2D eigenvalue weighted by atomic mass is 16.5. The van der Waals surface area contributed by atoms with Crippen molar-refractivity contribution in [2.24, 2.45) is 0 Å². The van der Waals surface area contributed by atoms with Gasteiger partial charge >= 0.3 is 0 Å². The molecule has 1 aromatic heterocycles. The third-order valence-corrected chi connectivity index (χ3v) is 4.55. The summed E-state index contributed by atoms with van der Waals surface area (Å²) in [7, 11) is 0. The molecule has 0 bridgehead atoms. The summed E-state index contributed by atoms with van der Waals surface area (Å²) in [4.78, 5) is 8.71. The fourth-order valence-corrected chi connectivity index (χ4v) is 3.14. The van der Waals surface area contributed by atoms with Crippen molar-refractivity contribution in [1.82, 2.24) is 9.97 Å². The Morgan fingerprint density at radius 1 is 1.12 bits per heavy atom. The number of aromatic nitrogens is 2. The number of hydrogen-bond acceptors (Lipinski definition) is 6. The van der Waals surface area contributed by atoms with Gasteiger partial charge in [0.1, 0.15) is 24.0 Å². The molecule has 1 fully saturated rings. The Morgan fingerprint density at radius 2 is 1.96 bits per heavy atom. The number of para-hydroxylation sites is 1. The lowest BCUT2D eigenvalue weighted by molar-refractivity contribution is 0.0147. The largest absolute Gasteiger partial charge is 0.488 e. The Labute approximate surface area is 151 Å². The number of aliphatic hydroxyl groups excluding tert-OH is 1. The van der Waals surface area contributed by atoms with Crippen molar-refractivity contribution in [2.45, 2.75) is 25.2 Å². The maximum atomic E-state index is 9.16. The number of rotatable bonds is 5. The fraction of sp³-hybridized carbons (Fsp3) is 0.300. The van der Waals surface area contributed by atoms with Crippen LogP contribution >= 0.6 is 0 Å². The lowest BCUT2D eigenvalue weighted by Crippen LogP contribution is -2.45. The number of nitrogens with zero attached hydrogens (tertiary/aromatic N) is 2. The summed E-state index contributed by atoms with van der Waals surface area (Å²) in [5.74, 6) is 1.57. The van der Waals surface area contributed by atoms with Crippen molar-refractivity contribution < 1.29 is 14.6 Å². The third kappa shape index (κ3) is 3.61. The van der Waals surface area contributed by atoms with E-state index in [1.165, 1.54) is 0 Å². The zero-order chi connectivity index (χ0) is 17.8. The lowest BCUT2D eigenvalue weighted by atomic mass is 10.1. The topological polar surface area (TPSA) is 76.5 Å². The maximum Gasteiger partial charge on any atom is 0.137 e. The van der Waals surface area contributed by atoms with Crippen LogP contribution in [0, 0.1) is 0 Å². The van der Waals surface area contributed by atoms with Gasteiger partial charge in [0.25, 0.3) is 0 Å². The first-order valence-corrected chi connectivity index (χ1v) is 8.74. The van der Waals surface area contributed by atoms with E-state index in [0.717, 1.165) is 34.5 Å². The molecule has 0 unspecified atom stereocenters. The van der Waals surface area contributed by atoms with Crippen LogP contribution in [-0.4, -0.2) is 40.4 Å². The summed E-state index contributed by atoms with van der Waals surface area (Å²) in [6.07, 6.45) is 2.33. The number of hydrogen-bond donors (Lipinski definition) is 2. The molecule has 26 heavy (non-hydrogen) atoms. The van der Waals surface area contributed by atoms with Crippen LogP contribution in [0.1, 0.15) is 12.0 Å². The number of benzene rings is 2. The predicted molar refractivity (Wildman–Crippen MR) is 99.2 cm³/mol. The number of fused-ring (bicyclic) bond motifs is 1. The van der Waals surface area contributed by atoms with E-state index in [0.29, 0.717) is 13.2 Å². The summed E-state index contributed by atoms with van der Waals surface area (Å²) < 4.78 is 11.8. The average Bonchev–Trinajstić information content (AvgIpc) is 2.70. The SMILES string of the molecule is OCc1ccc(O[C@@H]2CCOC[C@H]2Nc2ncnc3ccccc23)cc1. The molecule has 6 nitrogen and oxygen atoms in total. The predicted octanol–water partition coefficient (Wildman–Crippen LogP) is 2.77. The lowest BCUT2D eigenvalue weighted by Gasteiger charge is -2.33. The van der Waals surface area contributed by atoms with E-state index in [1.54, 1.807) is 6.33 Å². The molecule has 0 saturated carbocycles. The molecular formula is C20H21N3O3. The first kappa shape index (κ1) is 16.8. The van der Waals surface area contributed by atoms with E-state index < -0.39 is 0 Å². The van der Waals surface area contributed by atoms with Gasteiger partial charge in [-0.05, 0) is 29.8 Å². The number of aliphatic hydroxyl groups is 1. The minimum Gasteiger partial charge on any atom is -0.488 e. The Morgan fingerprint density at radius 3 is 2.81 bits per heavy atom. The van der Waals surface area contributed by atoms with E-state index >= 15 is 0 Å². The van der Waals surface area contributed by atoms with Crippen molar-refractivity contribution in [2.75, 3.05) is 18.5 Å². The monoisotopic (exact) mass is 351 g/mol. The minimum absolute atomic E-state index is 0.0143. The van der Waals surface area contributed by atoms with Gasteiger partial charge in [-0.15, -0.1) is 0 Å². The molecule has 0 aliphatic carbocycles. The van der Waals surface area contributed by atoms with E-state index in [2.05, 4.69) is 15.3 Å². The first-order valence-electron chi connectivity index (χ1n) is 8.74. The quantitative estimate of drug-likeness (QED) is 0.736. The van der Waals surface area contributed by atoms with Crippen LogP contribution in [0.25, 0.3) is 10.9 Å². The van der Waals surface area contributed by atoms with Gasteiger partial charge in [-0.2, -0.15) is 0 Å². The van der Waals surface area contributed by atoms with Crippen LogP contribution in [0.4, 0.5) is 5.82 Å². The molecule has 134 valence electrons. The molecular weight excluding hydrogens is 330 g/mol. The van der Waals surface area contributed by atoms with Gasteiger partial charge in [-0.3, -0.25) is 0 Å². The first-order chi connectivity index (χ1) is 12.8. The zero-order valence-corrected chi connectivity index (χ0v) is 14.3. The molecule has 2 heterocycles. The summed E-state index contributed by atoms with van der Waals surface area (Å²) >= 11 is 0. The highest BCUT2D eigenvalue weighted by Crippen LogP contribution is 2.24. The van der Waals surface area contributed by atoms with E-state index in [-0.39, 0.29) is 18.8 Å². The highest BCUT2D eigenvalue weighted by molar-refractivity contribution is 5.88. The van der Waals surface area contributed by atoms with Gasteiger partial charge in [0.05, 0.1) is 31.4 Å². The highest BCUT2D eigenvalue weighted by Gasteiger charge is 2.28. The normalized spacial score (nSPS) is 20.0. The van der Waals surface area contributed by atoms with Gasteiger partial charge in [0.15, 0.2) is 0 Å². The van der Waals surface area contributed by atoms with E-state index in [1.807, 2.05) is 48.5 Å². The summed E-state index contributed by atoms with van der Waals surface area (Å²) in [5.41, 5.74) is 1.77. The van der Waals surface area contributed by atoms with Crippen LogP contribution in [0.2, 0.25) is 0 Å². The summed E-state index contributed by atoms with van der Waals surface area (Å²) in [5, 5.41) is 13.6. The number of anilines is 1. The Hall–Kier alpha value is -2.70. The summed E-state index contributed by atoms with van der Waals surface area (Å²) in [6.45, 7) is 1.25. The molecule has 1 aliphatic rings. The molecule has 2 N–H and O–H groups in total. The van der Waals surface area contributed by atoms with Gasteiger partial charge in [-0.1, -0.05) is 24.3 Å². The van der Waals surface area contributed by atoms with Crippen molar-refractivity contribution in [3.05, 3.63) is 60.4 Å². The average molecular weight is 351 g/mol. The Balaban J connectivity index is 1.53. The fourth-order valence-electron chi connectivity index (χ4n) is 3.14. The smallest absolute Gasteiger partial charge is 0.137 e. The van der Waals surface area contributed by atoms with E-state index in [9.17, 15) is 0 Å². The second kappa shape index (κ2) is 7.68. The molecule has 3 aromatic rings. The molecule has 1 aliphatic heterocycles. The van der Waals surface area contributed by atoms with Crippen LogP contribution in [0.3, 0.4) is 0 Å². The number of ether oxygens (including phenoxy) is 2. The standard InChI is InChI=1S/C20H21N3O3/c24-11-14-5-7-15(8-6-14)26-19-9-10-25-12-18(19)23-20-16-3-1-2-4-17(16)21-13-22-20/h1-8,13,18-19,24H,9-12H2,(H,21,22,23)/t18-,19-/m1/s1. The molecule has 0 spiro atoms. The van der Waals surface area contributed by atoms with Crippen molar-refractivity contribution in [1.29, 1.82) is 0 Å². The second-order valence-electron chi connectivity index (χ2n) is 6.31. The van der Waals surface area contributed by atoms with E-state index in [4.69, 9.17) is 14.6 Å². The van der Waals surface area contributed by atoms with Crippen molar-refractivity contribution >= 4 is 16.7 Å². The Kier molecular flexibility index (Phi) is 4.95. The van der Waals surface area contributed by atoms with Gasteiger partial charge in [0, 0.05) is 11.8 Å².